The molecule has 2 aromatic rings. The Labute approximate surface area is 131 Å². The first-order chi connectivity index (χ1) is 10.9. The maximum Gasteiger partial charge on any atom is 0.269 e. The van der Waals surface area contributed by atoms with Gasteiger partial charge in [0, 0.05) is 12.1 Å². The highest BCUT2D eigenvalue weighted by molar-refractivity contribution is 5.61. The molecule has 1 aromatic heterocycles. The van der Waals surface area contributed by atoms with E-state index in [9.17, 15) is 15.4 Å². The van der Waals surface area contributed by atoms with Crippen LogP contribution in [0.1, 0.15) is 23.7 Å². The summed E-state index contributed by atoms with van der Waals surface area (Å²) in [5, 5.41) is 27.5. The second-order valence-corrected chi connectivity index (χ2v) is 5.40. The molecular weight excluding hydrogens is 298 g/mol. The molecule has 2 heterocycles. The number of non-ortho nitro benzene ring substituents is 1. The van der Waals surface area contributed by atoms with Crippen molar-refractivity contribution in [3.63, 3.8) is 0 Å². The van der Waals surface area contributed by atoms with Crippen molar-refractivity contribution in [3.05, 3.63) is 62.7 Å². The van der Waals surface area contributed by atoms with E-state index >= 15 is 0 Å². The number of nitrogens with two attached hydrogens (primary N) is 1. The lowest BCUT2D eigenvalue weighted by atomic mass is 9.70. The number of nitro groups is 1. The summed E-state index contributed by atoms with van der Waals surface area (Å²) in [4.78, 5) is 10.6. The Morgan fingerprint density at radius 3 is 2.91 bits per heavy atom. The molecule has 23 heavy (non-hydrogen) atoms. The van der Waals surface area contributed by atoms with E-state index in [4.69, 9.17) is 10.5 Å². The molecule has 1 aliphatic heterocycles. The first-order valence-corrected chi connectivity index (χ1v) is 6.78. The summed E-state index contributed by atoms with van der Waals surface area (Å²) in [6.07, 6.45) is 0. The van der Waals surface area contributed by atoms with E-state index in [0.29, 0.717) is 22.7 Å². The molecular formula is C15H13N5O3. The Morgan fingerprint density at radius 1 is 1.52 bits per heavy atom. The highest BCUT2D eigenvalue weighted by Gasteiger charge is 2.45. The number of aryl methyl sites for hydroxylation is 1. The monoisotopic (exact) mass is 311 g/mol. The van der Waals surface area contributed by atoms with Crippen LogP contribution in [0.2, 0.25) is 0 Å². The summed E-state index contributed by atoms with van der Waals surface area (Å²) < 4.78 is 5.43. The molecule has 1 unspecified atom stereocenters. The maximum atomic E-state index is 11.1. The third kappa shape index (κ3) is 1.94. The van der Waals surface area contributed by atoms with Crippen LogP contribution in [0.5, 0.6) is 5.88 Å². The molecule has 0 fully saturated rings. The van der Waals surface area contributed by atoms with Gasteiger partial charge in [-0.05, 0) is 19.4 Å². The van der Waals surface area contributed by atoms with Gasteiger partial charge in [0.05, 0.1) is 21.6 Å². The molecule has 1 aromatic carbocycles. The average Bonchev–Trinajstić information content (AvgIpc) is 2.89. The number of nitriles is 1. The molecule has 0 amide bonds. The van der Waals surface area contributed by atoms with Gasteiger partial charge in [-0.2, -0.15) is 10.4 Å². The molecule has 116 valence electrons. The van der Waals surface area contributed by atoms with Gasteiger partial charge in [-0.25, -0.2) is 5.10 Å². The van der Waals surface area contributed by atoms with Crippen LogP contribution in [0.25, 0.3) is 0 Å². The van der Waals surface area contributed by atoms with Crippen LogP contribution in [-0.2, 0) is 5.41 Å². The van der Waals surface area contributed by atoms with Gasteiger partial charge in [0.15, 0.2) is 0 Å². The number of aromatic nitrogens is 2. The number of hydrogen-bond acceptors (Lipinski definition) is 6. The van der Waals surface area contributed by atoms with Crippen molar-refractivity contribution in [1.29, 1.82) is 5.26 Å². The maximum absolute atomic E-state index is 11.1. The fourth-order valence-corrected chi connectivity index (χ4v) is 2.99. The first kappa shape index (κ1) is 14.6. The van der Waals surface area contributed by atoms with Gasteiger partial charge in [0.2, 0.25) is 11.8 Å². The van der Waals surface area contributed by atoms with Gasteiger partial charge < -0.3 is 10.5 Å². The predicted octanol–water partition coefficient (Wildman–Crippen LogP) is 2.02. The van der Waals surface area contributed by atoms with Gasteiger partial charge in [-0.3, -0.25) is 10.1 Å². The molecule has 0 saturated carbocycles. The Hall–Kier alpha value is -3.34. The summed E-state index contributed by atoms with van der Waals surface area (Å²) in [5.41, 5.74) is 6.86. The van der Waals surface area contributed by atoms with Crippen LogP contribution in [0.4, 0.5) is 5.69 Å². The number of nitro benzene ring substituents is 1. The molecule has 8 heteroatoms. The number of nitrogens with one attached hydrogen (secondary N) is 1. The lowest BCUT2D eigenvalue weighted by Gasteiger charge is -2.33. The highest BCUT2D eigenvalue weighted by Crippen LogP contribution is 2.48. The van der Waals surface area contributed by atoms with Gasteiger partial charge >= 0.3 is 0 Å². The van der Waals surface area contributed by atoms with Crippen molar-refractivity contribution in [1.82, 2.24) is 10.2 Å². The number of H-pyrrole nitrogens is 1. The van der Waals surface area contributed by atoms with Crippen molar-refractivity contribution in [2.75, 3.05) is 0 Å². The Morgan fingerprint density at radius 2 is 2.26 bits per heavy atom. The average molecular weight is 311 g/mol. The van der Waals surface area contributed by atoms with E-state index < -0.39 is 10.3 Å². The summed E-state index contributed by atoms with van der Waals surface area (Å²) >= 11 is 0. The number of aromatic amines is 1. The van der Waals surface area contributed by atoms with Crippen LogP contribution < -0.4 is 10.5 Å². The van der Waals surface area contributed by atoms with Crippen molar-refractivity contribution in [2.45, 2.75) is 19.3 Å². The summed E-state index contributed by atoms with van der Waals surface area (Å²) in [7, 11) is 0. The second kappa shape index (κ2) is 4.84. The Balaban J connectivity index is 2.34. The van der Waals surface area contributed by atoms with Crippen molar-refractivity contribution >= 4 is 5.69 Å². The molecule has 0 bridgehead atoms. The van der Waals surface area contributed by atoms with Crippen LogP contribution in [-0.4, -0.2) is 15.1 Å². The number of benzene rings is 1. The molecule has 1 atom stereocenters. The number of fused-ring (bicyclic) bond motifs is 1. The summed E-state index contributed by atoms with van der Waals surface area (Å²) in [6, 6.07) is 8.20. The molecule has 0 aliphatic carbocycles. The zero-order valence-corrected chi connectivity index (χ0v) is 12.5. The van der Waals surface area contributed by atoms with Crippen molar-refractivity contribution in [2.24, 2.45) is 5.73 Å². The van der Waals surface area contributed by atoms with Gasteiger partial charge in [-0.1, -0.05) is 12.1 Å². The number of allylic oxidation sites excluding steroid dienone is 1. The van der Waals surface area contributed by atoms with Crippen LogP contribution in [0.15, 0.2) is 35.7 Å². The van der Waals surface area contributed by atoms with Crippen LogP contribution in [0, 0.1) is 28.4 Å². The fraction of sp³-hybridized carbons (Fsp3) is 0.200. The SMILES string of the molecule is Cc1n[nH]c2c1C(C)(c1cccc([N+](=O)[O-])c1)C(C#N)=C(N)O2. The van der Waals surface area contributed by atoms with E-state index in [1.165, 1.54) is 12.1 Å². The highest BCUT2D eigenvalue weighted by atomic mass is 16.6. The molecule has 0 radical (unpaired) electrons. The van der Waals surface area contributed by atoms with Crippen molar-refractivity contribution < 1.29 is 9.66 Å². The Kier molecular flexibility index (Phi) is 3.07. The van der Waals surface area contributed by atoms with Crippen LogP contribution in [0.3, 0.4) is 0 Å². The number of rotatable bonds is 2. The van der Waals surface area contributed by atoms with Gasteiger partial charge in [-0.15, -0.1) is 0 Å². The first-order valence-electron chi connectivity index (χ1n) is 6.78. The Bertz CT molecular complexity index is 893. The zero-order chi connectivity index (χ0) is 16.8. The minimum Gasteiger partial charge on any atom is -0.422 e. The molecule has 3 N–H and O–H groups in total. The van der Waals surface area contributed by atoms with Crippen LogP contribution >= 0.6 is 0 Å². The van der Waals surface area contributed by atoms with Gasteiger partial charge in [0.1, 0.15) is 11.6 Å². The lowest BCUT2D eigenvalue weighted by Crippen LogP contribution is -2.34. The smallest absolute Gasteiger partial charge is 0.269 e. The number of nitrogens with zero attached hydrogens (tertiary/aromatic N) is 3. The molecule has 3 rings (SSSR count). The normalized spacial score (nSPS) is 19.7. The third-order valence-electron chi connectivity index (χ3n) is 4.12. The van der Waals surface area contributed by atoms with E-state index in [2.05, 4.69) is 16.3 Å². The molecule has 1 aliphatic rings. The largest absolute Gasteiger partial charge is 0.422 e. The fourth-order valence-electron chi connectivity index (χ4n) is 2.99. The minimum absolute atomic E-state index is 0.0438. The standard InChI is InChI=1S/C15H13N5O3/c1-8-12-14(19-18-8)23-13(17)11(7-16)15(12,2)9-4-3-5-10(6-9)20(21)22/h3-6H,17H2,1-2H3,(H,18,19). The number of hydrogen-bond donors (Lipinski definition) is 2. The second-order valence-electron chi connectivity index (χ2n) is 5.40. The molecule has 0 spiro atoms. The van der Waals surface area contributed by atoms with E-state index in [1.54, 1.807) is 26.0 Å². The zero-order valence-electron chi connectivity index (χ0n) is 12.5. The topological polar surface area (TPSA) is 131 Å². The summed E-state index contributed by atoms with van der Waals surface area (Å²) in [5.74, 6) is 0.297. The van der Waals surface area contributed by atoms with E-state index in [-0.39, 0.29) is 17.1 Å². The van der Waals surface area contributed by atoms with Gasteiger partial charge in [0.25, 0.3) is 5.69 Å². The molecule has 0 saturated heterocycles. The minimum atomic E-state index is -0.991. The van der Waals surface area contributed by atoms with E-state index in [0.717, 1.165) is 0 Å². The van der Waals surface area contributed by atoms with Crippen molar-refractivity contribution in [3.8, 4) is 11.9 Å². The molecule has 8 nitrogen and oxygen atoms in total. The lowest BCUT2D eigenvalue weighted by molar-refractivity contribution is -0.384. The number of ether oxygens (including phenoxy) is 1. The summed E-state index contributed by atoms with van der Waals surface area (Å²) in [6.45, 7) is 3.55. The predicted molar refractivity (Wildman–Crippen MR) is 80.3 cm³/mol. The quantitative estimate of drug-likeness (QED) is 0.644. The van der Waals surface area contributed by atoms with E-state index in [1.807, 2.05) is 0 Å². The third-order valence-corrected chi connectivity index (χ3v) is 4.12.